The summed E-state index contributed by atoms with van der Waals surface area (Å²) in [6.45, 7) is 2.15. The molecule has 1 radical (unpaired) electrons. The van der Waals surface area contributed by atoms with Crippen molar-refractivity contribution in [2.45, 2.75) is 13.3 Å². The van der Waals surface area contributed by atoms with Gasteiger partial charge in [-0.1, -0.05) is 42.0 Å². The molecular weight excluding hydrogens is 330 g/mol. The quantitative estimate of drug-likeness (QED) is 0.641. The van der Waals surface area contributed by atoms with Crippen LogP contribution in [-0.4, -0.2) is 0 Å². The molecule has 2 aromatic rings. The number of rotatable bonds is 0. The summed E-state index contributed by atoms with van der Waals surface area (Å²) in [4.78, 5) is 0. The minimum absolute atomic E-state index is 0.826. The van der Waals surface area contributed by atoms with Gasteiger partial charge in [-0.05, 0) is 41.3 Å². The van der Waals surface area contributed by atoms with E-state index in [4.69, 9.17) is 17.0 Å². The van der Waals surface area contributed by atoms with Crippen LogP contribution >= 0.6 is 17.0 Å². The van der Waals surface area contributed by atoms with Gasteiger partial charge in [0.15, 0.2) is 0 Å². The molecule has 0 aliphatic heterocycles. The molecule has 0 saturated heterocycles. The Morgan fingerprint density at radius 3 is 2.59 bits per heavy atom. The third-order valence-corrected chi connectivity index (χ3v) is 2.81. The molecule has 0 unspecified atom stereocenters. The Labute approximate surface area is 120 Å². The molecule has 85 valence electrons. The van der Waals surface area contributed by atoms with Crippen molar-refractivity contribution in [2.24, 2.45) is 0 Å². The zero-order valence-corrected chi connectivity index (χ0v) is 13.4. The first-order valence-electron chi connectivity index (χ1n) is 5.32. The summed E-state index contributed by atoms with van der Waals surface area (Å²) in [5.74, 6) is 0. The Balaban J connectivity index is 0.000000329. The topological polar surface area (TPSA) is 0 Å². The van der Waals surface area contributed by atoms with E-state index in [1.54, 1.807) is 0 Å². The Kier molecular flexibility index (Phi) is 4.85. The van der Waals surface area contributed by atoms with Crippen molar-refractivity contribution in [3.05, 3.63) is 59.2 Å². The maximum absolute atomic E-state index is 4.93. The first kappa shape index (κ1) is 13.3. The number of hydrogen-bond donors (Lipinski definition) is 0. The molecule has 0 bridgehead atoms. The van der Waals surface area contributed by atoms with Crippen LogP contribution in [0.4, 0.5) is 0 Å². The molecule has 1 aliphatic carbocycles. The van der Waals surface area contributed by atoms with Crippen LogP contribution in [0.1, 0.15) is 18.1 Å². The van der Waals surface area contributed by atoms with E-state index >= 15 is 0 Å². The van der Waals surface area contributed by atoms with Gasteiger partial charge in [0, 0.05) is 0 Å². The van der Waals surface area contributed by atoms with Crippen LogP contribution in [0.3, 0.4) is 0 Å². The average Bonchev–Trinajstić information content (AvgIpc) is 2.71. The van der Waals surface area contributed by atoms with E-state index in [-0.39, 0.29) is 0 Å². The first-order chi connectivity index (χ1) is 8.26. The SMILES string of the molecule is CC1=[C]c2c(ccc3ccccc23)C1.[Cl][Zr][Cl]. The van der Waals surface area contributed by atoms with Crippen molar-refractivity contribution in [3.63, 3.8) is 0 Å². The van der Waals surface area contributed by atoms with Crippen molar-refractivity contribution in [2.75, 3.05) is 0 Å². The van der Waals surface area contributed by atoms with Crippen molar-refractivity contribution >= 4 is 27.8 Å². The molecule has 0 spiro atoms. The van der Waals surface area contributed by atoms with Gasteiger partial charge in [0.05, 0.1) is 0 Å². The molecule has 0 atom stereocenters. The zero-order valence-electron chi connectivity index (χ0n) is 9.43. The number of benzene rings is 2. The normalized spacial score (nSPS) is 12.5. The van der Waals surface area contributed by atoms with Crippen molar-refractivity contribution in [3.8, 4) is 0 Å². The van der Waals surface area contributed by atoms with Gasteiger partial charge < -0.3 is 0 Å². The molecule has 0 amide bonds. The van der Waals surface area contributed by atoms with Crippen molar-refractivity contribution in [1.29, 1.82) is 0 Å². The monoisotopic (exact) mass is 339 g/mol. The van der Waals surface area contributed by atoms with Crippen molar-refractivity contribution in [1.82, 2.24) is 0 Å². The van der Waals surface area contributed by atoms with E-state index < -0.39 is 20.8 Å². The standard InChI is InChI=1S/C14H11.2ClH.Zr/c1-10-8-12-7-6-11-4-2-3-5-13(11)14(12)9-10;;;/h2-7H,8H2,1H3;2*1H;/q;;;+2/p-2. The average molecular weight is 341 g/mol. The van der Waals surface area contributed by atoms with Gasteiger partial charge in [-0.15, -0.1) is 0 Å². The van der Waals surface area contributed by atoms with Gasteiger partial charge in [0.25, 0.3) is 0 Å². The second-order valence-electron chi connectivity index (χ2n) is 3.97. The molecule has 17 heavy (non-hydrogen) atoms. The number of hydrogen-bond acceptors (Lipinski definition) is 0. The molecule has 3 heteroatoms. The molecule has 3 rings (SSSR count). The fourth-order valence-electron chi connectivity index (χ4n) is 2.15. The minimum atomic E-state index is -0.826. The summed E-state index contributed by atoms with van der Waals surface area (Å²) in [5, 5.41) is 2.65. The Morgan fingerprint density at radius 2 is 1.82 bits per heavy atom. The van der Waals surface area contributed by atoms with Gasteiger partial charge in [0.2, 0.25) is 0 Å². The fourth-order valence-corrected chi connectivity index (χ4v) is 2.15. The molecule has 0 fully saturated rings. The van der Waals surface area contributed by atoms with Gasteiger partial charge >= 0.3 is 37.9 Å². The third kappa shape index (κ3) is 3.02. The van der Waals surface area contributed by atoms with Crippen LogP contribution in [0.15, 0.2) is 42.0 Å². The van der Waals surface area contributed by atoms with E-state index in [1.165, 1.54) is 27.5 Å². The first-order valence-corrected chi connectivity index (χ1v) is 11.7. The molecule has 0 N–H and O–H groups in total. The second kappa shape index (κ2) is 6.18. The maximum atomic E-state index is 4.93. The van der Waals surface area contributed by atoms with Crippen LogP contribution in [0.25, 0.3) is 10.8 Å². The van der Waals surface area contributed by atoms with E-state index in [0.717, 1.165) is 6.42 Å². The summed E-state index contributed by atoms with van der Waals surface area (Å²) < 4.78 is 0. The molecule has 1 aliphatic rings. The third-order valence-electron chi connectivity index (χ3n) is 2.81. The predicted molar refractivity (Wildman–Crippen MR) is 70.9 cm³/mol. The summed E-state index contributed by atoms with van der Waals surface area (Å²) in [6.07, 6.45) is 4.53. The molecular formula is C14H11Cl2Zr. The predicted octanol–water partition coefficient (Wildman–Crippen LogP) is 4.87. The van der Waals surface area contributed by atoms with Crippen LogP contribution in [0.5, 0.6) is 0 Å². The van der Waals surface area contributed by atoms with Gasteiger partial charge in [-0.2, -0.15) is 0 Å². The Hall–Kier alpha value is -0.0969. The van der Waals surface area contributed by atoms with Gasteiger partial charge in [0.1, 0.15) is 0 Å². The summed E-state index contributed by atoms with van der Waals surface area (Å²) in [6, 6.07) is 12.9. The molecule has 0 heterocycles. The summed E-state index contributed by atoms with van der Waals surface area (Å²) in [7, 11) is 9.87. The fraction of sp³-hybridized carbons (Fsp3) is 0.143. The van der Waals surface area contributed by atoms with Crippen LogP contribution in [-0.2, 0) is 27.3 Å². The molecule has 0 aromatic heterocycles. The number of halogens is 2. The Morgan fingerprint density at radius 1 is 1.12 bits per heavy atom. The van der Waals surface area contributed by atoms with Gasteiger partial charge in [-0.25, -0.2) is 0 Å². The molecule has 0 saturated carbocycles. The van der Waals surface area contributed by atoms with Crippen LogP contribution in [0.2, 0.25) is 0 Å². The van der Waals surface area contributed by atoms with Crippen molar-refractivity contribution < 1.29 is 20.8 Å². The number of fused-ring (bicyclic) bond motifs is 3. The summed E-state index contributed by atoms with van der Waals surface area (Å²) >= 11 is -0.826. The van der Waals surface area contributed by atoms with E-state index in [0.29, 0.717) is 0 Å². The number of allylic oxidation sites excluding steroid dienone is 1. The zero-order chi connectivity index (χ0) is 12.3. The summed E-state index contributed by atoms with van der Waals surface area (Å²) in [5.41, 5.74) is 4.07. The van der Waals surface area contributed by atoms with E-state index in [2.05, 4.69) is 49.4 Å². The van der Waals surface area contributed by atoms with Gasteiger partial charge in [-0.3, -0.25) is 0 Å². The van der Waals surface area contributed by atoms with Crippen LogP contribution < -0.4 is 0 Å². The molecule has 2 aromatic carbocycles. The van der Waals surface area contributed by atoms with E-state index in [9.17, 15) is 0 Å². The molecule has 0 nitrogen and oxygen atoms in total. The van der Waals surface area contributed by atoms with Crippen LogP contribution in [0, 0.1) is 6.08 Å². The van der Waals surface area contributed by atoms with E-state index in [1.807, 2.05) is 0 Å². The second-order valence-corrected chi connectivity index (χ2v) is 7.71. The Bertz CT molecular complexity index is 561.